The highest BCUT2D eigenvalue weighted by atomic mass is 32.2. The third-order valence-corrected chi connectivity index (χ3v) is 4.89. The second kappa shape index (κ2) is 8.95. The maximum Gasteiger partial charge on any atom is 0.262 e. The summed E-state index contributed by atoms with van der Waals surface area (Å²) in [5, 5.41) is 13.0. The van der Waals surface area contributed by atoms with Crippen LogP contribution in [0.25, 0.3) is 0 Å². The average Bonchev–Trinajstić information content (AvgIpc) is 2.61. The summed E-state index contributed by atoms with van der Waals surface area (Å²) in [6, 6.07) is 17.8. The van der Waals surface area contributed by atoms with Crippen molar-refractivity contribution >= 4 is 23.4 Å². The number of rotatable bonds is 7. The number of amides is 1. The van der Waals surface area contributed by atoms with Crippen molar-refractivity contribution in [2.75, 3.05) is 5.32 Å². The molecule has 0 spiro atoms. The molecule has 4 nitrogen and oxygen atoms in total. The van der Waals surface area contributed by atoms with Gasteiger partial charge in [0.2, 0.25) is 0 Å². The number of hydrogen-bond acceptors (Lipinski definition) is 4. The van der Waals surface area contributed by atoms with E-state index < -0.39 is 5.91 Å². The molecule has 0 fully saturated rings. The summed E-state index contributed by atoms with van der Waals surface area (Å²) in [7, 11) is 0. The topological polar surface area (TPSA) is 78.9 Å². The van der Waals surface area contributed by atoms with Crippen LogP contribution < -0.4 is 11.1 Å². The van der Waals surface area contributed by atoms with E-state index in [1.54, 1.807) is 0 Å². The zero-order valence-corrected chi connectivity index (χ0v) is 15.2. The summed E-state index contributed by atoms with van der Waals surface area (Å²) in [6.07, 6.45) is 0.954. The fourth-order valence-electron chi connectivity index (χ4n) is 2.27. The third-order valence-electron chi connectivity index (χ3n) is 3.84. The van der Waals surface area contributed by atoms with Gasteiger partial charge in [0, 0.05) is 11.4 Å². The van der Waals surface area contributed by atoms with Crippen LogP contribution in [0.4, 0.5) is 5.69 Å². The summed E-state index contributed by atoms with van der Waals surface area (Å²) >= 11 is 1.40. The molecule has 3 N–H and O–H groups in total. The Labute approximate surface area is 152 Å². The number of nitrogens with one attached hydrogen (secondary N) is 1. The van der Waals surface area contributed by atoms with E-state index in [2.05, 4.69) is 12.2 Å². The van der Waals surface area contributed by atoms with Crippen molar-refractivity contribution in [3.8, 4) is 6.07 Å². The zero-order valence-electron chi connectivity index (χ0n) is 14.4. The zero-order chi connectivity index (χ0) is 18.2. The highest BCUT2D eigenvalue weighted by Crippen LogP contribution is 2.27. The van der Waals surface area contributed by atoms with Crippen LogP contribution in [0.3, 0.4) is 0 Å². The van der Waals surface area contributed by atoms with E-state index >= 15 is 0 Å². The quantitative estimate of drug-likeness (QED) is 0.581. The monoisotopic (exact) mass is 351 g/mol. The van der Waals surface area contributed by atoms with Gasteiger partial charge in [0.15, 0.2) is 0 Å². The smallest absolute Gasteiger partial charge is 0.262 e. The molecule has 0 aliphatic rings. The summed E-state index contributed by atoms with van der Waals surface area (Å²) in [6.45, 7) is 4.13. The lowest BCUT2D eigenvalue weighted by Gasteiger charge is -2.13. The normalized spacial score (nSPS) is 11.4. The van der Waals surface area contributed by atoms with E-state index in [1.165, 1.54) is 22.9 Å². The molecule has 0 bridgehead atoms. The first kappa shape index (κ1) is 18.6. The number of hydrogen-bond donors (Lipinski definition) is 2. The SMILES string of the molecule is CCc1ccc(NC(SCc2ccccc2C)=C(C#N)C(N)=O)cc1. The largest absolute Gasteiger partial charge is 0.365 e. The Morgan fingerprint density at radius 3 is 2.44 bits per heavy atom. The van der Waals surface area contributed by atoms with Crippen LogP contribution in [0, 0.1) is 18.3 Å². The van der Waals surface area contributed by atoms with Gasteiger partial charge in [-0.25, -0.2) is 0 Å². The number of nitrogens with zero attached hydrogens (tertiary/aromatic N) is 1. The van der Waals surface area contributed by atoms with Crippen molar-refractivity contribution in [3.05, 3.63) is 75.8 Å². The molecule has 2 aromatic carbocycles. The molecule has 5 heteroatoms. The number of anilines is 1. The summed E-state index contributed by atoms with van der Waals surface area (Å²) < 4.78 is 0. The minimum atomic E-state index is -0.729. The molecule has 128 valence electrons. The van der Waals surface area contributed by atoms with Crippen molar-refractivity contribution < 1.29 is 4.79 Å². The number of nitriles is 1. The van der Waals surface area contributed by atoms with Crippen molar-refractivity contribution in [1.29, 1.82) is 5.26 Å². The lowest BCUT2D eigenvalue weighted by molar-refractivity contribution is -0.114. The molecule has 0 unspecified atom stereocenters. The first-order chi connectivity index (χ1) is 12.0. The standard InChI is InChI=1S/C20H21N3OS/c1-3-15-8-10-17(11-9-15)23-20(18(12-21)19(22)24)25-13-16-7-5-4-6-14(16)2/h4-11,23H,3,13H2,1-2H3,(H2,22,24). The van der Waals surface area contributed by atoms with Crippen molar-refractivity contribution in [1.82, 2.24) is 0 Å². The molecule has 2 rings (SSSR count). The molecule has 0 aliphatic carbocycles. The van der Waals surface area contributed by atoms with Gasteiger partial charge in [-0.3, -0.25) is 4.79 Å². The Morgan fingerprint density at radius 1 is 1.20 bits per heavy atom. The maximum atomic E-state index is 11.6. The molecule has 0 saturated carbocycles. The minimum Gasteiger partial charge on any atom is -0.365 e. The highest BCUT2D eigenvalue weighted by Gasteiger charge is 2.14. The average molecular weight is 351 g/mol. The second-order valence-electron chi connectivity index (χ2n) is 5.57. The molecular weight excluding hydrogens is 330 g/mol. The number of benzene rings is 2. The molecular formula is C20H21N3OS. The van der Waals surface area contributed by atoms with E-state index in [0.717, 1.165) is 17.7 Å². The van der Waals surface area contributed by atoms with Crippen molar-refractivity contribution in [3.63, 3.8) is 0 Å². The molecule has 0 radical (unpaired) electrons. The fourth-order valence-corrected chi connectivity index (χ4v) is 3.37. The minimum absolute atomic E-state index is 0.0573. The van der Waals surface area contributed by atoms with Crippen LogP contribution in [-0.2, 0) is 17.0 Å². The van der Waals surface area contributed by atoms with Crippen LogP contribution >= 0.6 is 11.8 Å². The predicted octanol–water partition coefficient (Wildman–Crippen LogP) is 4.12. The molecule has 0 atom stereocenters. The predicted molar refractivity (Wildman–Crippen MR) is 104 cm³/mol. The lowest BCUT2D eigenvalue weighted by Crippen LogP contribution is -2.16. The van der Waals surface area contributed by atoms with Crippen LogP contribution in [-0.4, -0.2) is 5.91 Å². The van der Waals surface area contributed by atoms with Crippen molar-refractivity contribution in [2.45, 2.75) is 26.0 Å². The first-order valence-corrected chi connectivity index (χ1v) is 9.01. The van der Waals surface area contributed by atoms with E-state index in [1.807, 2.05) is 61.5 Å². The highest BCUT2D eigenvalue weighted by molar-refractivity contribution is 8.02. The first-order valence-electron chi connectivity index (χ1n) is 8.02. The van der Waals surface area contributed by atoms with Gasteiger partial charge >= 0.3 is 0 Å². The Kier molecular flexibility index (Phi) is 6.67. The van der Waals surface area contributed by atoms with E-state index in [-0.39, 0.29) is 5.57 Å². The van der Waals surface area contributed by atoms with Gasteiger partial charge in [-0.15, -0.1) is 11.8 Å². The number of nitrogens with two attached hydrogens (primary N) is 1. The number of thioether (sulfide) groups is 1. The van der Waals surface area contributed by atoms with Gasteiger partial charge in [-0.2, -0.15) is 5.26 Å². The van der Waals surface area contributed by atoms with Gasteiger partial charge in [0.05, 0.1) is 5.03 Å². The summed E-state index contributed by atoms with van der Waals surface area (Å²) in [5.74, 6) is -0.0898. The van der Waals surface area contributed by atoms with Gasteiger partial charge in [0.1, 0.15) is 11.6 Å². The summed E-state index contributed by atoms with van der Waals surface area (Å²) in [4.78, 5) is 11.6. The van der Waals surface area contributed by atoms with Gasteiger partial charge in [-0.1, -0.05) is 43.3 Å². The Bertz CT molecular complexity index is 820. The molecule has 1 amide bonds. The molecule has 2 aromatic rings. The Morgan fingerprint density at radius 2 is 1.88 bits per heavy atom. The Hall–Kier alpha value is -2.71. The molecule has 0 aliphatic heterocycles. The number of aryl methyl sites for hydroxylation is 2. The summed E-state index contributed by atoms with van der Waals surface area (Å²) in [5.41, 5.74) is 9.67. The van der Waals surface area contributed by atoms with E-state index in [9.17, 15) is 10.1 Å². The van der Waals surface area contributed by atoms with Crippen LogP contribution in [0.2, 0.25) is 0 Å². The number of carbonyl (C=O) groups excluding carboxylic acids is 1. The van der Waals surface area contributed by atoms with Crippen molar-refractivity contribution in [2.24, 2.45) is 5.73 Å². The third kappa shape index (κ3) is 5.13. The maximum absolute atomic E-state index is 11.6. The lowest BCUT2D eigenvalue weighted by atomic mass is 10.1. The van der Waals surface area contributed by atoms with Gasteiger partial charge in [-0.05, 0) is 42.2 Å². The van der Waals surface area contributed by atoms with Crippen LogP contribution in [0.15, 0.2) is 59.1 Å². The molecule has 0 heterocycles. The molecule has 25 heavy (non-hydrogen) atoms. The van der Waals surface area contributed by atoms with E-state index in [0.29, 0.717) is 10.8 Å². The fraction of sp³-hybridized carbons (Fsp3) is 0.200. The second-order valence-corrected chi connectivity index (χ2v) is 6.56. The molecule has 0 saturated heterocycles. The van der Waals surface area contributed by atoms with Gasteiger partial charge in [0.25, 0.3) is 5.91 Å². The Balaban J connectivity index is 2.26. The van der Waals surface area contributed by atoms with E-state index in [4.69, 9.17) is 5.73 Å². The van der Waals surface area contributed by atoms with Gasteiger partial charge < -0.3 is 11.1 Å². The number of primary amides is 1. The number of carbonyl (C=O) groups is 1. The molecule has 0 aromatic heterocycles. The van der Waals surface area contributed by atoms with Crippen LogP contribution in [0.1, 0.15) is 23.6 Å². The van der Waals surface area contributed by atoms with Crippen LogP contribution in [0.5, 0.6) is 0 Å².